The van der Waals surface area contributed by atoms with Crippen molar-refractivity contribution in [1.82, 2.24) is 14.9 Å². The van der Waals surface area contributed by atoms with Crippen molar-refractivity contribution in [2.45, 2.75) is 32.0 Å². The molecule has 2 N–H and O–H groups in total. The van der Waals surface area contributed by atoms with Crippen LogP contribution in [-0.4, -0.2) is 53.2 Å². The van der Waals surface area contributed by atoms with Crippen LogP contribution >= 0.6 is 0 Å². The number of halogens is 3. The lowest BCUT2D eigenvalue weighted by molar-refractivity contribution is -0.137. The quantitative estimate of drug-likeness (QED) is 0.430. The minimum absolute atomic E-state index is 0.0772. The maximum absolute atomic E-state index is 13.1. The molecule has 0 radical (unpaired) electrons. The van der Waals surface area contributed by atoms with E-state index >= 15 is 0 Å². The topological polar surface area (TPSA) is 87.6 Å². The fourth-order valence-electron chi connectivity index (χ4n) is 4.42. The molecular weight excluding hydrogens is 497 g/mol. The molecule has 7 nitrogen and oxygen atoms in total. The minimum atomic E-state index is -4.42. The number of nitrogens with one attached hydrogen (secondary N) is 1. The van der Waals surface area contributed by atoms with Crippen molar-refractivity contribution in [3.05, 3.63) is 82.7 Å². The number of benzene rings is 2. The summed E-state index contributed by atoms with van der Waals surface area (Å²) < 4.78 is 45.1. The molecule has 1 aromatic heterocycles. The number of ether oxygens (including phenoxy) is 1. The molecule has 1 heterocycles. The number of hydrogen-bond donors (Lipinski definition) is 2. The molecule has 38 heavy (non-hydrogen) atoms. The van der Waals surface area contributed by atoms with E-state index in [9.17, 15) is 18.0 Å². The average Bonchev–Trinajstić information content (AvgIpc) is 2.90. The van der Waals surface area contributed by atoms with Crippen molar-refractivity contribution in [3.63, 3.8) is 0 Å². The Balaban J connectivity index is 1.63. The van der Waals surface area contributed by atoms with Crippen molar-refractivity contribution >= 4 is 22.6 Å². The summed E-state index contributed by atoms with van der Waals surface area (Å²) in [6.07, 6.45) is 1.72. The number of fused-ring (bicyclic) bond motifs is 1. The second kappa shape index (κ2) is 11.2. The summed E-state index contributed by atoms with van der Waals surface area (Å²) in [6, 6.07) is 8.92. The second-order valence-electron chi connectivity index (χ2n) is 9.09. The zero-order chi connectivity index (χ0) is 27.4. The number of aryl methyl sites for hydroxylation is 1. The number of likely N-dealkylation sites (N-methyl/N-ethyl adjacent to an activating group) is 1. The van der Waals surface area contributed by atoms with Crippen LogP contribution in [-0.2, 0) is 17.5 Å². The molecule has 1 atom stereocenters. The van der Waals surface area contributed by atoms with Gasteiger partial charge in [-0.15, -0.1) is 0 Å². The molecule has 200 valence electrons. The number of anilines is 1. The predicted octanol–water partition coefficient (Wildman–Crippen LogP) is 5.00. The van der Waals surface area contributed by atoms with E-state index < -0.39 is 11.7 Å². The van der Waals surface area contributed by atoms with Gasteiger partial charge in [0.2, 0.25) is 0 Å². The van der Waals surface area contributed by atoms with Crippen LogP contribution in [0.4, 0.5) is 19.0 Å². The van der Waals surface area contributed by atoms with Crippen molar-refractivity contribution in [3.8, 4) is 5.75 Å². The van der Waals surface area contributed by atoms with Gasteiger partial charge in [-0.25, -0.2) is 9.97 Å². The molecule has 3 aromatic rings. The van der Waals surface area contributed by atoms with Gasteiger partial charge in [0.05, 0.1) is 24.8 Å². The minimum Gasteiger partial charge on any atom is -0.496 e. The Morgan fingerprint density at radius 2 is 2.03 bits per heavy atom. The molecule has 0 saturated carbocycles. The Morgan fingerprint density at radius 3 is 2.68 bits per heavy atom. The van der Waals surface area contributed by atoms with Gasteiger partial charge in [-0.1, -0.05) is 30.4 Å². The molecular formula is C28H29F3N4O3. The Labute approximate surface area is 218 Å². The number of aliphatic hydroxyl groups excluding tert-OH is 1. The molecule has 2 aromatic carbocycles. The van der Waals surface area contributed by atoms with E-state index in [2.05, 4.69) is 15.3 Å². The molecule has 0 bridgehead atoms. The number of allylic oxidation sites excluding steroid dienone is 2. The maximum Gasteiger partial charge on any atom is 0.416 e. The Hall–Kier alpha value is -3.92. The van der Waals surface area contributed by atoms with Crippen molar-refractivity contribution in [2.24, 2.45) is 0 Å². The highest BCUT2D eigenvalue weighted by Gasteiger charge is 2.30. The Morgan fingerprint density at radius 1 is 1.24 bits per heavy atom. The maximum atomic E-state index is 13.1. The smallest absolute Gasteiger partial charge is 0.416 e. The zero-order valence-electron chi connectivity index (χ0n) is 21.3. The van der Waals surface area contributed by atoms with Gasteiger partial charge in [0, 0.05) is 48.6 Å². The first-order valence-electron chi connectivity index (χ1n) is 12.1. The van der Waals surface area contributed by atoms with Gasteiger partial charge in [-0.3, -0.25) is 4.79 Å². The number of alkyl halides is 3. The predicted molar refractivity (Wildman–Crippen MR) is 139 cm³/mol. The summed E-state index contributed by atoms with van der Waals surface area (Å²) in [7, 11) is 3.22. The van der Waals surface area contributed by atoms with E-state index in [0.29, 0.717) is 45.9 Å². The lowest BCUT2D eigenvalue weighted by atomic mass is 9.88. The van der Waals surface area contributed by atoms with E-state index in [1.54, 1.807) is 33.2 Å². The average molecular weight is 527 g/mol. The molecule has 1 aliphatic rings. The monoisotopic (exact) mass is 526 g/mol. The van der Waals surface area contributed by atoms with Gasteiger partial charge in [-0.2, -0.15) is 13.2 Å². The number of carbonyl (C=O) groups is 1. The van der Waals surface area contributed by atoms with Crippen LogP contribution < -0.4 is 10.1 Å². The van der Waals surface area contributed by atoms with Gasteiger partial charge in [-0.05, 0) is 37.1 Å². The number of aromatic nitrogens is 2. The fourth-order valence-corrected chi connectivity index (χ4v) is 4.42. The molecule has 0 aliphatic heterocycles. The lowest BCUT2D eigenvalue weighted by Crippen LogP contribution is -2.30. The fraction of sp³-hybridized carbons (Fsp3) is 0.321. The summed E-state index contributed by atoms with van der Waals surface area (Å²) in [5.74, 6) is 1.41. The number of methoxy groups -OCH3 is 1. The van der Waals surface area contributed by atoms with Gasteiger partial charge >= 0.3 is 6.18 Å². The summed E-state index contributed by atoms with van der Waals surface area (Å²) in [6.45, 7) is 2.04. The van der Waals surface area contributed by atoms with Crippen molar-refractivity contribution < 1.29 is 27.8 Å². The van der Waals surface area contributed by atoms with Crippen LogP contribution in [0.5, 0.6) is 5.75 Å². The molecule has 0 saturated heterocycles. The van der Waals surface area contributed by atoms with Crippen molar-refractivity contribution in [2.75, 3.05) is 32.6 Å². The highest BCUT2D eigenvalue weighted by atomic mass is 19.4. The molecule has 1 amide bonds. The number of nitrogens with zero attached hydrogens (tertiary/aromatic N) is 3. The number of hydrogen-bond acceptors (Lipinski definition) is 6. The highest BCUT2D eigenvalue weighted by Crippen LogP contribution is 2.38. The van der Waals surface area contributed by atoms with Crippen LogP contribution in [0.1, 0.15) is 34.9 Å². The molecule has 0 spiro atoms. The largest absolute Gasteiger partial charge is 0.496 e. The standard InChI is InChI=1S/C28H29F3N4O3/c1-17-33-24-15-25(38-3)22(19-7-9-20(10-8-19)27(37)35(2)11-12-36)14-23(24)26(34-17)32-16-18-5-4-6-21(13-18)28(29,30)31/h4-7,9-10,13-15,19,36H,8,11-12,16H2,1-3H3,(H,32,33,34). The number of rotatable bonds is 8. The van der Waals surface area contributed by atoms with Crippen LogP contribution in [0.3, 0.4) is 0 Å². The van der Waals surface area contributed by atoms with E-state index in [-0.39, 0.29) is 31.5 Å². The Kier molecular flexibility index (Phi) is 8.01. The number of amides is 1. The van der Waals surface area contributed by atoms with Crippen LogP contribution in [0.25, 0.3) is 10.9 Å². The normalized spacial score (nSPS) is 15.3. The van der Waals surface area contributed by atoms with Gasteiger partial charge in [0.1, 0.15) is 17.4 Å². The Bertz CT molecular complexity index is 1400. The number of carbonyl (C=O) groups excluding carboxylic acids is 1. The molecule has 4 rings (SSSR count). The highest BCUT2D eigenvalue weighted by molar-refractivity contribution is 5.96. The van der Waals surface area contributed by atoms with Crippen molar-refractivity contribution in [1.29, 1.82) is 0 Å². The number of aliphatic hydroxyl groups is 1. The van der Waals surface area contributed by atoms with E-state index in [1.165, 1.54) is 11.0 Å². The summed E-state index contributed by atoms with van der Waals surface area (Å²) in [4.78, 5) is 23.1. The van der Waals surface area contributed by atoms with E-state index in [4.69, 9.17) is 9.84 Å². The first-order chi connectivity index (χ1) is 18.1. The van der Waals surface area contributed by atoms with Gasteiger partial charge in [0.15, 0.2) is 0 Å². The summed E-state index contributed by atoms with van der Waals surface area (Å²) in [5.41, 5.74) is 1.84. The van der Waals surface area contributed by atoms with Crippen LogP contribution in [0.15, 0.2) is 60.2 Å². The molecule has 1 aliphatic carbocycles. The zero-order valence-corrected chi connectivity index (χ0v) is 21.3. The lowest BCUT2D eigenvalue weighted by Gasteiger charge is -2.22. The first kappa shape index (κ1) is 27.1. The van der Waals surface area contributed by atoms with Crippen LogP contribution in [0, 0.1) is 6.92 Å². The third kappa shape index (κ3) is 5.96. The second-order valence-corrected chi connectivity index (χ2v) is 9.09. The summed E-state index contributed by atoms with van der Waals surface area (Å²) >= 11 is 0. The molecule has 0 fully saturated rings. The molecule has 1 unspecified atom stereocenters. The third-order valence-corrected chi connectivity index (χ3v) is 6.40. The van der Waals surface area contributed by atoms with E-state index in [1.807, 2.05) is 24.3 Å². The SMILES string of the molecule is COc1cc2nc(C)nc(NCc3cccc(C(F)(F)F)c3)c2cc1C1C=CC(C(=O)N(C)CCO)=CC1. The van der Waals surface area contributed by atoms with E-state index in [0.717, 1.165) is 17.7 Å². The summed E-state index contributed by atoms with van der Waals surface area (Å²) in [5, 5.41) is 13.0. The first-order valence-corrected chi connectivity index (χ1v) is 12.1. The van der Waals surface area contributed by atoms with Gasteiger partial charge in [0.25, 0.3) is 5.91 Å². The molecule has 10 heteroatoms. The van der Waals surface area contributed by atoms with Gasteiger partial charge < -0.3 is 20.1 Å². The third-order valence-electron chi connectivity index (χ3n) is 6.40. The van der Waals surface area contributed by atoms with Crippen LogP contribution in [0.2, 0.25) is 0 Å².